The molecular formula is C14H13BrN2S. The summed E-state index contributed by atoms with van der Waals surface area (Å²) in [7, 11) is 0. The molecule has 0 bridgehead atoms. The summed E-state index contributed by atoms with van der Waals surface area (Å²) in [5.74, 6) is 5.55. The molecule has 4 heteroatoms. The van der Waals surface area contributed by atoms with Crippen molar-refractivity contribution in [3.05, 3.63) is 59.1 Å². The molecule has 92 valence electrons. The lowest BCUT2D eigenvalue weighted by Crippen LogP contribution is -2.07. The molecule has 0 aliphatic carbocycles. The van der Waals surface area contributed by atoms with Crippen molar-refractivity contribution in [3.8, 4) is 0 Å². The Balaban J connectivity index is 2.28. The molecular weight excluding hydrogens is 308 g/mol. The molecule has 2 aromatic rings. The number of hydrogen-bond donors (Lipinski definition) is 2. The zero-order valence-corrected chi connectivity index (χ0v) is 12.1. The second kappa shape index (κ2) is 6.09. The fourth-order valence-corrected chi connectivity index (χ4v) is 2.66. The topological polar surface area (TPSA) is 38.0 Å². The summed E-state index contributed by atoms with van der Waals surface area (Å²) in [4.78, 5) is 2.26. The number of benzene rings is 2. The quantitative estimate of drug-likeness (QED) is 0.642. The number of hydrogen-bond acceptors (Lipinski definition) is 3. The Kier molecular flexibility index (Phi) is 4.47. The lowest BCUT2D eigenvalue weighted by Gasteiger charge is -2.09. The van der Waals surface area contributed by atoms with E-state index < -0.39 is 0 Å². The average molecular weight is 321 g/mol. The molecule has 0 radical (unpaired) electrons. The number of hydrazine groups is 1. The van der Waals surface area contributed by atoms with Gasteiger partial charge in [-0.1, -0.05) is 46.4 Å². The van der Waals surface area contributed by atoms with Crippen molar-refractivity contribution in [2.45, 2.75) is 9.79 Å². The van der Waals surface area contributed by atoms with Crippen molar-refractivity contribution in [3.63, 3.8) is 0 Å². The second-order valence-electron chi connectivity index (χ2n) is 3.66. The number of halogens is 1. The smallest absolute Gasteiger partial charge is 0.0630 e. The summed E-state index contributed by atoms with van der Waals surface area (Å²) in [6.45, 7) is 3.75. The van der Waals surface area contributed by atoms with E-state index in [0.29, 0.717) is 0 Å². The lowest BCUT2D eigenvalue weighted by molar-refractivity contribution is 1.28. The molecule has 3 N–H and O–H groups in total. The first-order valence-electron chi connectivity index (χ1n) is 5.39. The van der Waals surface area contributed by atoms with E-state index in [2.05, 4.69) is 40.1 Å². The maximum atomic E-state index is 5.55. The first-order chi connectivity index (χ1) is 8.72. The van der Waals surface area contributed by atoms with E-state index >= 15 is 0 Å². The van der Waals surface area contributed by atoms with Crippen LogP contribution < -0.4 is 11.3 Å². The minimum atomic E-state index is 0.903. The highest BCUT2D eigenvalue weighted by Gasteiger charge is 2.04. The molecule has 0 saturated heterocycles. The second-order valence-corrected chi connectivity index (χ2v) is 5.69. The maximum absolute atomic E-state index is 5.55. The Morgan fingerprint density at radius 3 is 2.50 bits per heavy atom. The number of nitrogens with two attached hydrogens (primary N) is 1. The summed E-state index contributed by atoms with van der Waals surface area (Å²) >= 11 is 5.09. The molecule has 0 unspecified atom stereocenters. The van der Waals surface area contributed by atoms with E-state index in [1.165, 1.54) is 4.90 Å². The Morgan fingerprint density at radius 2 is 1.89 bits per heavy atom. The molecule has 2 nitrogen and oxygen atoms in total. The van der Waals surface area contributed by atoms with Crippen molar-refractivity contribution in [2.24, 2.45) is 5.84 Å². The van der Waals surface area contributed by atoms with Crippen molar-refractivity contribution in [1.29, 1.82) is 0 Å². The Labute approximate surface area is 119 Å². The third-order valence-electron chi connectivity index (χ3n) is 2.44. The fraction of sp³-hybridized carbons (Fsp3) is 0. The van der Waals surface area contributed by atoms with Gasteiger partial charge in [0.05, 0.1) is 5.69 Å². The minimum Gasteiger partial charge on any atom is -0.323 e. The molecule has 0 heterocycles. The van der Waals surface area contributed by atoms with Gasteiger partial charge in [0.15, 0.2) is 0 Å². The van der Waals surface area contributed by atoms with Crippen LogP contribution >= 0.6 is 27.7 Å². The first-order valence-corrected chi connectivity index (χ1v) is 7.00. The predicted molar refractivity (Wildman–Crippen MR) is 82.6 cm³/mol. The first kappa shape index (κ1) is 13.2. The van der Waals surface area contributed by atoms with Gasteiger partial charge in [0.25, 0.3) is 0 Å². The van der Waals surface area contributed by atoms with E-state index in [4.69, 9.17) is 5.84 Å². The molecule has 0 aliphatic heterocycles. The molecule has 18 heavy (non-hydrogen) atoms. The molecule has 0 aromatic heterocycles. The molecule has 2 aromatic carbocycles. The van der Waals surface area contributed by atoms with Gasteiger partial charge >= 0.3 is 0 Å². The number of anilines is 1. The molecule has 0 aliphatic rings. The van der Waals surface area contributed by atoms with E-state index in [1.807, 2.05) is 30.3 Å². The minimum absolute atomic E-state index is 0.903. The highest BCUT2D eigenvalue weighted by Crippen LogP contribution is 2.34. The van der Waals surface area contributed by atoms with Gasteiger partial charge in [0, 0.05) is 14.3 Å². The zero-order valence-electron chi connectivity index (χ0n) is 9.69. The van der Waals surface area contributed by atoms with Crippen molar-refractivity contribution in [1.82, 2.24) is 0 Å². The maximum Gasteiger partial charge on any atom is 0.0630 e. The van der Waals surface area contributed by atoms with Crippen LogP contribution in [0.15, 0.2) is 63.3 Å². The van der Waals surface area contributed by atoms with Crippen LogP contribution in [0.1, 0.15) is 5.56 Å². The SMILES string of the molecule is C=Cc1ccc(Sc2ccc(Br)cc2)c(NN)c1. The van der Waals surface area contributed by atoms with Crippen molar-refractivity contribution < 1.29 is 0 Å². The van der Waals surface area contributed by atoms with Crippen LogP contribution in [0.25, 0.3) is 6.08 Å². The molecule has 0 amide bonds. The largest absolute Gasteiger partial charge is 0.323 e. The monoisotopic (exact) mass is 320 g/mol. The van der Waals surface area contributed by atoms with Crippen LogP contribution in [0.5, 0.6) is 0 Å². The third-order valence-corrected chi connectivity index (χ3v) is 4.05. The third kappa shape index (κ3) is 3.16. The molecule has 0 atom stereocenters. The van der Waals surface area contributed by atoms with E-state index in [0.717, 1.165) is 20.6 Å². The fourth-order valence-electron chi connectivity index (χ4n) is 1.51. The van der Waals surface area contributed by atoms with Gasteiger partial charge in [-0.25, -0.2) is 0 Å². The summed E-state index contributed by atoms with van der Waals surface area (Å²) in [6.07, 6.45) is 1.80. The van der Waals surface area contributed by atoms with E-state index in [-0.39, 0.29) is 0 Å². The van der Waals surface area contributed by atoms with E-state index in [9.17, 15) is 0 Å². The van der Waals surface area contributed by atoms with Crippen LogP contribution in [0.3, 0.4) is 0 Å². The van der Waals surface area contributed by atoms with Crippen molar-refractivity contribution >= 4 is 39.5 Å². The van der Waals surface area contributed by atoms with Gasteiger partial charge in [-0.3, -0.25) is 5.84 Å². The van der Waals surface area contributed by atoms with Gasteiger partial charge < -0.3 is 5.43 Å². The van der Waals surface area contributed by atoms with Gasteiger partial charge in [-0.05, 0) is 42.0 Å². The predicted octanol–water partition coefficient (Wildman–Crippen LogP) is 4.53. The number of rotatable bonds is 4. The Hall–Kier alpha value is -1.23. The van der Waals surface area contributed by atoms with Crippen LogP contribution in [-0.2, 0) is 0 Å². The zero-order chi connectivity index (χ0) is 13.0. The van der Waals surface area contributed by atoms with Crippen molar-refractivity contribution in [2.75, 3.05) is 5.43 Å². The van der Waals surface area contributed by atoms with Gasteiger partial charge in [0.2, 0.25) is 0 Å². The Bertz CT molecular complexity index is 552. The number of nitrogens with one attached hydrogen (secondary N) is 1. The van der Waals surface area contributed by atoms with Crippen LogP contribution in [-0.4, -0.2) is 0 Å². The van der Waals surface area contributed by atoms with Gasteiger partial charge in [-0.15, -0.1) is 0 Å². The summed E-state index contributed by atoms with van der Waals surface area (Å²) in [6, 6.07) is 14.2. The summed E-state index contributed by atoms with van der Waals surface area (Å²) < 4.78 is 1.08. The van der Waals surface area contributed by atoms with E-state index in [1.54, 1.807) is 17.8 Å². The van der Waals surface area contributed by atoms with Gasteiger partial charge in [-0.2, -0.15) is 0 Å². The van der Waals surface area contributed by atoms with Crippen LogP contribution in [0.2, 0.25) is 0 Å². The molecule has 0 fully saturated rings. The highest BCUT2D eigenvalue weighted by molar-refractivity contribution is 9.10. The molecule has 2 rings (SSSR count). The van der Waals surface area contributed by atoms with Gasteiger partial charge in [0.1, 0.15) is 0 Å². The molecule has 0 saturated carbocycles. The number of nitrogen functional groups attached to an aromatic ring is 1. The molecule has 0 spiro atoms. The van der Waals surface area contributed by atoms with Crippen LogP contribution in [0, 0.1) is 0 Å². The average Bonchev–Trinajstić information content (AvgIpc) is 2.41. The normalized spacial score (nSPS) is 10.1. The highest BCUT2D eigenvalue weighted by atomic mass is 79.9. The standard InChI is InChI=1S/C14H13BrN2S/c1-2-10-3-8-14(13(9-10)17-16)18-12-6-4-11(15)5-7-12/h2-9,17H,1,16H2. The van der Waals surface area contributed by atoms with Crippen LogP contribution in [0.4, 0.5) is 5.69 Å². The Morgan fingerprint density at radius 1 is 1.17 bits per heavy atom. The summed E-state index contributed by atoms with van der Waals surface area (Å²) in [5.41, 5.74) is 4.67. The summed E-state index contributed by atoms with van der Waals surface area (Å²) in [5, 5.41) is 0. The lowest BCUT2D eigenvalue weighted by atomic mass is 10.2.